The number of rotatable bonds is 10. The summed E-state index contributed by atoms with van der Waals surface area (Å²) in [5.41, 5.74) is 1.81. The summed E-state index contributed by atoms with van der Waals surface area (Å²) >= 11 is 0. The minimum Gasteiger partial charge on any atom is -0.381 e. The lowest BCUT2D eigenvalue weighted by molar-refractivity contribution is 0.123. The standard InChI is InChI=1S/C20H28FN5O/c1-22-20(23-11-2-14-27-15-16-3-4-16)24-12-9-18-10-13-26(25-18)19-7-5-17(21)6-8-19/h5-8,10,13,16H,2-4,9,11-12,14-15H2,1H3,(H2,22,23,24). The van der Waals surface area contributed by atoms with E-state index < -0.39 is 0 Å². The molecule has 2 N–H and O–H groups in total. The van der Waals surface area contributed by atoms with Gasteiger partial charge in [0.25, 0.3) is 0 Å². The lowest BCUT2D eigenvalue weighted by Gasteiger charge is -2.11. The first-order valence-electron chi connectivity index (χ1n) is 9.57. The van der Waals surface area contributed by atoms with Crippen LogP contribution >= 0.6 is 0 Å². The molecule has 0 aliphatic heterocycles. The van der Waals surface area contributed by atoms with Gasteiger partial charge in [-0.25, -0.2) is 9.07 Å². The predicted molar refractivity (Wildman–Crippen MR) is 105 cm³/mol. The van der Waals surface area contributed by atoms with Crippen LogP contribution in [0.3, 0.4) is 0 Å². The highest BCUT2D eigenvalue weighted by Crippen LogP contribution is 2.28. The minimum atomic E-state index is -0.247. The van der Waals surface area contributed by atoms with E-state index in [0.29, 0.717) is 0 Å². The second-order valence-electron chi connectivity index (χ2n) is 6.78. The zero-order chi connectivity index (χ0) is 18.9. The second kappa shape index (κ2) is 10.1. The fraction of sp³-hybridized carbons (Fsp3) is 0.500. The molecule has 0 unspecified atom stereocenters. The first kappa shape index (κ1) is 19.4. The molecule has 7 heteroatoms. The van der Waals surface area contributed by atoms with Crippen LogP contribution in [0.15, 0.2) is 41.5 Å². The van der Waals surface area contributed by atoms with Gasteiger partial charge in [0.2, 0.25) is 0 Å². The Morgan fingerprint density at radius 3 is 2.74 bits per heavy atom. The number of guanidine groups is 1. The Balaban J connectivity index is 1.32. The third-order valence-corrected chi connectivity index (χ3v) is 4.44. The average molecular weight is 373 g/mol. The van der Waals surface area contributed by atoms with Crippen molar-refractivity contribution in [1.29, 1.82) is 0 Å². The first-order valence-corrected chi connectivity index (χ1v) is 9.57. The Labute approximate surface area is 159 Å². The number of nitrogens with zero attached hydrogens (tertiary/aromatic N) is 3. The van der Waals surface area contributed by atoms with Gasteiger partial charge in [0.05, 0.1) is 11.4 Å². The van der Waals surface area contributed by atoms with Crippen LogP contribution in [0.5, 0.6) is 0 Å². The van der Waals surface area contributed by atoms with Crippen LogP contribution in [0.25, 0.3) is 5.69 Å². The van der Waals surface area contributed by atoms with Crippen LogP contribution in [0.4, 0.5) is 4.39 Å². The Bertz CT molecular complexity index is 724. The Hall–Kier alpha value is -2.41. The average Bonchev–Trinajstić information content (AvgIpc) is 3.39. The van der Waals surface area contributed by atoms with Crippen molar-refractivity contribution < 1.29 is 9.13 Å². The number of hydrogen-bond acceptors (Lipinski definition) is 3. The summed E-state index contributed by atoms with van der Waals surface area (Å²) in [5.74, 6) is 1.36. The molecule has 1 aliphatic carbocycles. The van der Waals surface area contributed by atoms with Gasteiger partial charge in [-0.1, -0.05) is 0 Å². The summed E-state index contributed by atoms with van der Waals surface area (Å²) in [7, 11) is 1.77. The number of aromatic nitrogens is 2. The maximum absolute atomic E-state index is 13.0. The number of benzene rings is 1. The van der Waals surface area contributed by atoms with Crippen LogP contribution in [0.2, 0.25) is 0 Å². The van der Waals surface area contributed by atoms with Crippen molar-refractivity contribution >= 4 is 5.96 Å². The predicted octanol–water partition coefficient (Wildman–Crippen LogP) is 2.54. The maximum Gasteiger partial charge on any atom is 0.190 e. The third-order valence-electron chi connectivity index (χ3n) is 4.44. The van der Waals surface area contributed by atoms with Gasteiger partial charge in [-0.2, -0.15) is 5.10 Å². The van der Waals surface area contributed by atoms with E-state index in [9.17, 15) is 4.39 Å². The molecule has 2 aromatic rings. The van der Waals surface area contributed by atoms with Crippen molar-refractivity contribution in [3.63, 3.8) is 0 Å². The molecular weight excluding hydrogens is 345 g/mol. The SMILES string of the molecule is CN=C(NCCCOCC1CC1)NCCc1ccn(-c2ccc(F)cc2)n1. The van der Waals surface area contributed by atoms with Crippen molar-refractivity contribution in [2.75, 3.05) is 33.4 Å². The molecule has 0 amide bonds. The minimum absolute atomic E-state index is 0.247. The zero-order valence-corrected chi connectivity index (χ0v) is 15.8. The third kappa shape index (κ3) is 6.67. The van der Waals surface area contributed by atoms with Crippen LogP contribution < -0.4 is 10.6 Å². The molecule has 1 aromatic carbocycles. The molecule has 6 nitrogen and oxygen atoms in total. The van der Waals surface area contributed by atoms with Crippen LogP contribution in [0, 0.1) is 11.7 Å². The fourth-order valence-electron chi connectivity index (χ4n) is 2.68. The highest BCUT2D eigenvalue weighted by molar-refractivity contribution is 5.79. The molecule has 0 saturated heterocycles. The molecule has 1 aromatic heterocycles. The van der Waals surface area contributed by atoms with Gasteiger partial charge in [-0.3, -0.25) is 4.99 Å². The van der Waals surface area contributed by atoms with E-state index >= 15 is 0 Å². The summed E-state index contributed by atoms with van der Waals surface area (Å²) in [6.45, 7) is 3.28. The number of aliphatic imine (C=N–C) groups is 1. The Morgan fingerprint density at radius 1 is 1.22 bits per heavy atom. The number of halogens is 1. The summed E-state index contributed by atoms with van der Waals surface area (Å²) in [6, 6.07) is 8.27. The van der Waals surface area contributed by atoms with Gasteiger partial charge in [0.15, 0.2) is 5.96 Å². The van der Waals surface area contributed by atoms with Gasteiger partial charge in [-0.15, -0.1) is 0 Å². The summed E-state index contributed by atoms with van der Waals surface area (Å²) in [5, 5.41) is 11.1. The highest BCUT2D eigenvalue weighted by Gasteiger charge is 2.20. The second-order valence-corrected chi connectivity index (χ2v) is 6.78. The van der Waals surface area contributed by atoms with Crippen molar-refractivity contribution in [3.05, 3.63) is 48.0 Å². The number of ether oxygens (including phenoxy) is 1. The summed E-state index contributed by atoms with van der Waals surface area (Å²) < 4.78 is 20.4. The summed E-state index contributed by atoms with van der Waals surface area (Å²) in [6.07, 6.45) is 6.29. The van der Waals surface area contributed by atoms with Crippen molar-refractivity contribution in [2.45, 2.75) is 25.7 Å². The lowest BCUT2D eigenvalue weighted by atomic mass is 10.3. The van der Waals surface area contributed by atoms with E-state index in [1.807, 2.05) is 12.3 Å². The number of nitrogens with one attached hydrogen (secondary N) is 2. The highest BCUT2D eigenvalue weighted by atomic mass is 19.1. The van der Waals surface area contributed by atoms with E-state index in [2.05, 4.69) is 20.7 Å². The Kier molecular flexibility index (Phi) is 7.21. The molecule has 0 spiro atoms. The van der Waals surface area contributed by atoms with Gasteiger partial charge in [0.1, 0.15) is 5.82 Å². The smallest absolute Gasteiger partial charge is 0.190 e. The maximum atomic E-state index is 13.0. The quantitative estimate of drug-likeness (QED) is 0.382. The molecule has 0 atom stereocenters. The molecule has 3 rings (SSSR count). The molecular formula is C20H28FN5O. The monoisotopic (exact) mass is 373 g/mol. The fourth-order valence-corrected chi connectivity index (χ4v) is 2.68. The van der Waals surface area contributed by atoms with E-state index in [4.69, 9.17) is 4.74 Å². The van der Waals surface area contributed by atoms with E-state index in [1.165, 1.54) is 25.0 Å². The van der Waals surface area contributed by atoms with Crippen molar-refractivity contribution in [3.8, 4) is 5.69 Å². The van der Waals surface area contributed by atoms with Crippen LogP contribution in [0.1, 0.15) is 25.0 Å². The van der Waals surface area contributed by atoms with E-state index in [1.54, 1.807) is 23.9 Å². The van der Waals surface area contributed by atoms with Gasteiger partial charge in [0, 0.05) is 46.0 Å². The lowest BCUT2D eigenvalue weighted by Crippen LogP contribution is -2.39. The van der Waals surface area contributed by atoms with Crippen LogP contribution in [-0.4, -0.2) is 49.1 Å². The van der Waals surface area contributed by atoms with Crippen LogP contribution in [-0.2, 0) is 11.2 Å². The molecule has 1 fully saturated rings. The molecule has 1 aliphatic rings. The molecule has 1 heterocycles. The van der Waals surface area contributed by atoms with E-state index in [0.717, 1.165) is 62.4 Å². The summed E-state index contributed by atoms with van der Waals surface area (Å²) in [4.78, 5) is 4.23. The largest absolute Gasteiger partial charge is 0.381 e. The Morgan fingerprint density at radius 2 is 2.00 bits per heavy atom. The molecule has 1 saturated carbocycles. The van der Waals surface area contributed by atoms with Gasteiger partial charge < -0.3 is 15.4 Å². The first-order chi connectivity index (χ1) is 13.2. The molecule has 146 valence electrons. The molecule has 0 bridgehead atoms. The van der Waals surface area contributed by atoms with Gasteiger partial charge >= 0.3 is 0 Å². The molecule has 0 radical (unpaired) electrons. The normalized spacial score (nSPS) is 14.4. The van der Waals surface area contributed by atoms with Gasteiger partial charge in [-0.05, 0) is 55.5 Å². The van der Waals surface area contributed by atoms with Crippen molar-refractivity contribution in [2.24, 2.45) is 10.9 Å². The molecule has 27 heavy (non-hydrogen) atoms. The topological polar surface area (TPSA) is 63.5 Å². The van der Waals surface area contributed by atoms with E-state index in [-0.39, 0.29) is 5.82 Å². The van der Waals surface area contributed by atoms with Crippen molar-refractivity contribution in [1.82, 2.24) is 20.4 Å². The number of hydrogen-bond donors (Lipinski definition) is 2. The zero-order valence-electron chi connectivity index (χ0n) is 15.8.